The van der Waals surface area contributed by atoms with Crippen LogP contribution < -0.4 is 5.56 Å². The number of carboxylic acids is 1. The highest BCUT2D eigenvalue weighted by atomic mass is 32.2. The minimum absolute atomic E-state index is 0.337. The fourth-order valence-electron chi connectivity index (χ4n) is 5.27. The lowest BCUT2D eigenvalue weighted by atomic mass is 10.1. The molecule has 0 aliphatic carbocycles. The van der Waals surface area contributed by atoms with Crippen LogP contribution in [0.2, 0.25) is 0 Å². The molecule has 0 saturated heterocycles. The zero-order valence-electron chi connectivity index (χ0n) is 30.9. The van der Waals surface area contributed by atoms with Crippen LogP contribution in [0.25, 0.3) is 10.8 Å². The van der Waals surface area contributed by atoms with E-state index in [-0.39, 0.29) is 0 Å². The summed E-state index contributed by atoms with van der Waals surface area (Å²) in [5.41, 5.74) is -9.00. The Balaban J connectivity index is 1.71. The number of benzene rings is 4. The molecule has 4 aromatic carbocycles. The van der Waals surface area contributed by atoms with Crippen LogP contribution in [0.15, 0.2) is 104 Å². The lowest BCUT2D eigenvalue weighted by Crippen LogP contribution is -2.32. The summed E-state index contributed by atoms with van der Waals surface area (Å²) < 4.78 is 139. The fourth-order valence-corrected chi connectivity index (χ4v) is 7.87. The molecule has 0 bridgehead atoms. The fraction of sp³-hybridized carbons (Fsp3) is 0.133. The Morgan fingerprint density at radius 3 is 1.52 bits per heavy atom. The number of nitro groups is 1. The molecule has 0 spiro atoms. The maximum atomic E-state index is 12.9. The Bertz CT molecular complexity index is 3390. The van der Waals surface area contributed by atoms with Gasteiger partial charge in [-0.2, -0.15) is 38.8 Å². The number of azo groups is 3. The van der Waals surface area contributed by atoms with E-state index in [9.17, 15) is 86.9 Å². The monoisotopic (exact) mass is 943 g/mol. The molecular formula is C30H25N9O19S4. The summed E-state index contributed by atoms with van der Waals surface area (Å²) in [6.45, 7) is 4.68. The van der Waals surface area contributed by atoms with Crippen molar-refractivity contribution in [3.05, 3.63) is 74.7 Å². The molecule has 0 aliphatic heterocycles. The van der Waals surface area contributed by atoms with Crippen LogP contribution in [0.5, 0.6) is 11.5 Å². The number of fused-ring (bicyclic) bond motifs is 1. The van der Waals surface area contributed by atoms with E-state index < -0.39 is 150 Å². The number of hydrogen-bond acceptors (Lipinski definition) is 20. The van der Waals surface area contributed by atoms with Crippen molar-refractivity contribution in [2.45, 2.75) is 45.9 Å². The largest absolute Gasteiger partial charge is 0.505 e. The van der Waals surface area contributed by atoms with E-state index in [1.165, 1.54) is 0 Å². The minimum Gasteiger partial charge on any atom is -0.505 e. The number of phenols is 2. The van der Waals surface area contributed by atoms with Gasteiger partial charge in [-0.05, 0) is 62.6 Å². The molecule has 0 amide bonds. The average Bonchev–Trinajstić information content (AvgIpc) is 3.48. The zero-order valence-corrected chi connectivity index (χ0v) is 34.1. The standard InChI is InChI=1S/C30H25N9O19S4/c1-30(2,3)38-28(42)24(25(37-38)29(43)44)36-31-13-4-6-15(17(10-13)59(47,48)49)32-34-22-19(61(53,54)55)8-12-9-20(62(56,57)58)23(27(41)21(12)26(22)40)35-33-16-7-5-14(39(45)46)11-18(16)60(50,51)52/h4-11,37,40-41H,1-3H3,(H,43,44)(H,47,48,49)(H,50,51,52)(H,53,54,55)(H,56,57,58). The molecule has 8 N–H and O–H groups in total. The van der Waals surface area contributed by atoms with Gasteiger partial charge in [0.1, 0.15) is 42.3 Å². The highest BCUT2D eigenvalue weighted by Gasteiger charge is 2.30. The number of nitrogens with one attached hydrogen (secondary N) is 1. The molecule has 0 aliphatic rings. The molecule has 28 nitrogen and oxygen atoms in total. The smallest absolute Gasteiger partial charge is 0.356 e. The summed E-state index contributed by atoms with van der Waals surface area (Å²) in [4.78, 5) is 29.6. The summed E-state index contributed by atoms with van der Waals surface area (Å²) in [6, 6.07) is 4.70. The van der Waals surface area contributed by atoms with Crippen molar-refractivity contribution >= 4 is 97.0 Å². The van der Waals surface area contributed by atoms with Crippen molar-refractivity contribution in [2.24, 2.45) is 30.7 Å². The number of rotatable bonds is 12. The van der Waals surface area contributed by atoms with Gasteiger partial charge in [0.05, 0.1) is 21.5 Å². The number of phenolic OH excluding ortho intramolecular Hbond substituents is 2. The quantitative estimate of drug-likeness (QED) is 0.0339. The van der Waals surface area contributed by atoms with Crippen molar-refractivity contribution in [1.82, 2.24) is 9.78 Å². The van der Waals surface area contributed by atoms with Gasteiger partial charge in [0.15, 0.2) is 22.9 Å². The molecule has 1 heterocycles. The molecule has 0 atom stereocenters. The normalized spacial score (nSPS) is 13.2. The summed E-state index contributed by atoms with van der Waals surface area (Å²) in [6.07, 6.45) is 0. The number of aromatic hydroxyl groups is 2. The third-order valence-electron chi connectivity index (χ3n) is 7.99. The topological polar surface area (TPSA) is 450 Å². The van der Waals surface area contributed by atoms with E-state index in [0.717, 1.165) is 16.8 Å². The summed E-state index contributed by atoms with van der Waals surface area (Å²) in [5, 5.41) is 64.8. The first kappa shape index (κ1) is 46.1. The summed E-state index contributed by atoms with van der Waals surface area (Å²) >= 11 is 0. The van der Waals surface area contributed by atoms with Gasteiger partial charge >= 0.3 is 5.97 Å². The lowest BCUT2D eigenvalue weighted by molar-refractivity contribution is -0.385. The molecule has 62 heavy (non-hydrogen) atoms. The molecule has 0 unspecified atom stereocenters. The second kappa shape index (κ2) is 15.8. The van der Waals surface area contributed by atoms with Gasteiger partial charge in [0.25, 0.3) is 51.7 Å². The second-order valence-corrected chi connectivity index (χ2v) is 18.8. The number of hydrogen-bond donors (Lipinski definition) is 8. The number of aromatic carboxylic acids is 1. The Morgan fingerprint density at radius 2 is 1.10 bits per heavy atom. The number of aromatic nitrogens is 2. The van der Waals surface area contributed by atoms with E-state index in [0.29, 0.717) is 36.4 Å². The highest BCUT2D eigenvalue weighted by molar-refractivity contribution is 7.86. The first-order chi connectivity index (χ1) is 28.3. The van der Waals surface area contributed by atoms with Gasteiger partial charge in [-0.1, -0.05) is 0 Å². The van der Waals surface area contributed by atoms with E-state index in [1.54, 1.807) is 20.8 Å². The average molecular weight is 944 g/mol. The zero-order chi connectivity index (χ0) is 46.7. The van der Waals surface area contributed by atoms with Crippen LogP contribution in [-0.2, 0) is 46.0 Å². The molecule has 32 heteroatoms. The van der Waals surface area contributed by atoms with Crippen LogP contribution in [0.3, 0.4) is 0 Å². The Hall–Kier alpha value is -6.94. The summed E-state index contributed by atoms with van der Waals surface area (Å²) in [5.74, 6) is -4.58. The van der Waals surface area contributed by atoms with Crippen molar-refractivity contribution in [3.63, 3.8) is 0 Å². The molecule has 0 fully saturated rings. The highest BCUT2D eigenvalue weighted by Crippen LogP contribution is 2.50. The third kappa shape index (κ3) is 9.34. The van der Waals surface area contributed by atoms with Crippen molar-refractivity contribution in [1.29, 1.82) is 0 Å². The predicted molar refractivity (Wildman–Crippen MR) is 206 cm³/mol. The maximum absolute atomic E-state index is 12.9. The Kier molecular flexibility index (Phi) is 11.8. The number of H-pyrrole nitrogens is 1. The van der Waals surface area contributed by atoms with Crippen molar-refractivity contribution < 1.29 is 76.9 Å². The molecule has 0 radical (unpaired) electrons. The number of nitro benzene ring substituents is 1. The molecule has 328 valence electrons. The number of carboxylic acid groups (broad SMARTS) is 1. The van der Waals surface area contributed by atoms with Crippen LogP contribution in [0.1, 0.15) is 31.3 Å². The van der Waals surface area contributed by atoms with Gasteiger partial charge in [0, 0.05) is 12.1 Å². The number of non-ortho nitro benzene ring substituents is 1. The first-order valence-electron chi connectivity index (χ1n) is 16.0. The first-order valence-corrected chi connectivity index (χ1v) is 21.8. The predicted octanol–water partition coefficient (Wildman–Crippen LogP) is 5.34. The molecule has 5 rings (SSSR count). The summed E-state index contributed by atoms with van der Waals surface area (Å²) in [7, 11) is -21.7. The minimum atomic E-state index is -5.54. The van der Waals surface area contributed by atoms with Crippen LogP contribution in [0.4, 0.5) is 39.8 Å². The van der Waals surface area contributed by atoms with Crippen molar-refractivity contribution in [3.8, 4) is 11.5 Å². The van der Waals surface area contributed by atoms with Crippen LogP contribution >= 0.6 is 0 Å². The van der Waals surface area contributed by atoms with Gasteiger partial charge in [-0.15, -0.1) is 25.6 Å². The van der Waals surface area contributed by atoms with Gasteiger partial charge < -0.3 is 15.3 Å². The lowest BCUT2D eigenvalue weighted by Gasteiger charge is -2.18. The molecule has 1 aromatic heterocycles. The van der Waals surface area contributed by atoms with Gasteiger partial charge in [-0.25, -0.2) is 9.48 Å². The van der Waals surface area contributed by atoms with Crippen LogP contribution in [0, 0.1) is 10.1 Å². The Morgan fingerprint density at radius 1 is 0.661 bits per heavy atom. The van der Waals surface area contributed by atoms with E-state index >= 15 is 0 Å². The number of carbonyl (C=O) groups is 1. The maximum Gasteiger partial charge on any atom is 0.356 e. The molecule has 5 aromatic rings. The van der Waals surface area contributed by atoms with E-state index in [4.69, 9.17) is 0 Å². The molecule has 0 saturated carbocycles. The Labute approximate surface area is 345 Å². The third-order valence-corrected chi connectivity index (χ3v) is 11.5. The number of nitrogens with zero attached hydrogens (tertiary/aromatic N) is 8. The SMILES string of the molecule is CC(C)(C)n1[nH]c(C(=O)O)c(N=Nc2ccc(N=Nc3c(S(=O)(=O)O)cc4cc(S(=O)(=O)O)c(N=Nc5ccc([N+](=O)[O-])cc5S(=O)(=O)O)c(O)c4c3O)c(S(=O)(=O)O)c2)c1=O. The van der Waals surface area contributed by atoms with E-state index in [1.807, 2.05) is 0 Å². The van der Waals surface area contributed by atoms with E-state index in [2.05, 4.69) is 35.8 Å². The second-order valence-electron chi connectivity index (χ2n) is 13.3. The number of aromatic amines is 1. The van der Waals surface area contributed by atoms with Gasteiger partial charge in [-0.3, -0.25) is 38.2 Å². The molecular weight excluding hydrogens is 919 g/mol. The van der Waals surface area contributed by atoms with Gasteiger partial charge in [0.2, 0.25) is 0 Å². The van der Waals surface area contributed by atoms with Crippen LogP contribution in [-0.4, -0.2) is 87.9 Å². The van der Waals surface area contributed by atoms with Crippen molar-refractivity contribution in [2.75, 3.05) is 0 Å².